The maximum absolute atomic E-state index is 13.5. The van der Waals surface area contributed by atoms with Crippen molar-refractivity contribution in [2.24, 2.45) is 16.3 Å². The summed E-state index contributed by atoms with van der Waals surface area (Å²) in [6, 6.07) is 17.5. The van der Waals surface area contributed by atoms with Gasteiger partial charge in [-0.05, 0) is 65.1 Å². The second kappa shape index (κ2) is 10.8. The molecule has 0 bridgehead atoms. The van der Waals surface area contributed by atoms with Crippen molar-refractivity contribution in [1.82, 2.24) is 5.32 Å². The summed E-state index contributed by atoms with van der Waals surface area (Å²) in [5.74, 6) is 1.70. The van der Waals surface area contributed by atoms with E-state index in [1.54, 1.807) is 23.8 Å². The van der Waals surface area contributed by atoms with Gasteiger partial charge in [0.25, 0.3) is 5.91 Å². The van der Waals surface area contributed by atoms with Crippen LogP contribution in [-0.4, -0.2) is 18.7 Å². The number of carbonyl (C=O) groups excluding carboxylic acids is 1. The van der Waals surface area contributed by atoms with E-state index >= 15 is 0 Å². The molecule has 5 rings (SSSR count). The van der Waals surface area contributed by atoms with Gasteiger partial charge in [0, 0.05) is 16.7 Å². The van der Waals surface area contributed by atoms with Crippen LogP contribution in [0, 0.1) is 22.7 Å². The SMILES string of the molecule is CC(C)(C)[C@@H]1CCc2c(sc(N=Cc3c(OCC#N)ccc4ccccc34)c2C(=O)NCc2ccco2)C1. The number of fused-ring (bicyclic) bond motifs is 2. The van der Waals surface area contributed by atoms with Gasteiger partial charge in [0.1, 0.15) is 22.6 Å². The minimum atomic E-state index is -0.140. The molecule has 38 heavy (non-hydrogen) atoms. The highest BCUT2D eigenvalue weighted by Crippen LogP contribution is 2.45. The van der Waals surface area contributed by atoms with Crippen LogP contribution >= 0.6 is 11.3 Å². The summed E-state index contributed by atoms with van der Waals surface area (Å²) in [5, 5.41) is 14.8. The van der Waals surface area contributed by atoms with Crippen LogP contribution < -0.4 is 10.1 Å². The number of nitriles is 1. The van der Waals surface area contributed by atoms with Gasteiger partial charge in [0.05, 0.1) is 18.4 Å². The van der Waals surface area contributed by atoms with Crippen molar-refractivity contribution in [2.75, 3.05) is 6.61 Å². The third-order valence-corrected chi connectivity index (χ3v) is 8.40. The van der Waals surface area contributed by atoms with E-state index in [9.17, 15) is 4.79 Å². The molecule has 1 aliphatic carbocycles. The quantitative estimate of drug-likeness (QED) is 0.258. The number of thiophene rings is 1. The highest BCUT2D eigenvalue weighted by atomic mass is 32.1. The number of furan rings is 1. The summed E-state index contributed by atoms with van der Waals surface area (Å²) in [6.07, 6.45) is 6.23. The first kappa shape index (κ1) is 25.7. The van der Waals surface area contributed by atoms with Crippen molar-refractivity contribution in [3.63, 3.8) is 0 Å². The zero-order valence-corrected chi connectivity index (χ0v) is 22.7. The molecule has 0 aliphatic heterocycles. The zero-order chi connectivity index (χ0) is 26.7. The van der Waals surface area contributed by atoms with E-state index in [0.29, 0.717) is 34.5 Å². The van der Waals surface area contributed by atoms with Crippen LogP contribution in [0.4, 0.5) is 5.00 Å². The molecule has 0 spiro atoms. The van der Waals surface area contributed by atoms with E-state index in [4.69, 9.17) is 19.4 Å². The molecule has 0 fully saturated rings. The summed E-state index contributed by atoms with van der Waals surface area (Å²) < 4.78 is 11.1. The Morgan fingerprint density at radius 3 is 2.84 bits per heavy atom. The van der Waals surface area contributed by atoms with Crippen molar-refractivity contribution in [3.8, 4) is 11.8 Å². The molecule has 0 saturated carbocycles. The van der Waals surface area contributed by atoms with Gasteiger partial charge in [-0.1, -0.05) is 51.1 Å². The second-order valence-corrected chi connectivity index (χ2v) is 11.7. The van der Waals surface area contributed by atoms with Gasteiger partial charge < -0.3 is 14.5 Å². The van der Waals surface area contributed by atoms with Crippen LogP contribution in [0.2, 0.25) is 0 Å². The Labute approximate surface area is 227 Å². The lowest BCUT2D eigenvalue weighted by Gasteiger charge is -2.33. The van der Waals surface area contributed by atoms with E-state index in [2.05, 4.69) is 26.1 Å². The molecular weight excluding hydrogens is 494 g/mol. The average molecular weight is 526 g/mol. The van der Waals surface area contributed by atoms with E-state index < -0.39 is 0 Å². The molecule has 0 unspecified atom stereocenters. The van der Waals surface area contributed by atoms with Crippen molar-refractivity contribution < 1.29 is 13.9 Å². The monoisotopic (exact) mass is 525 g/mol. The van der Waals surface area contributed by atoms with Crippen LogP contribution in [0.25, 0.3) is 10.8 Å². The first-order chi connectivity index (χ1) is 18.3. The lowest BCUT2D eigenvalue weighted by Crippen LogP contribution is -2.28. The fourth-order valence-electron chi connectivity index (χ4n) is 5.07. The fraction of sp³-hybridized carbons (Fsp3) is 0.323. The second-order valence-electron chi connectivity index (χ2n) is 10.7. The predicted octanol–water partition coefficient (Wildman–Crippen LogP) is 7.23. The number of hydrogen-bond donors (Lipinski definition) is 1. The van der Waals surface area contributed by atoms with Crippen molar-refractivity contribution >= 4 is 39.2 Å². The van der Waals surface area contributed by atoms with Crippen molar-refractivity contribution in [2.45, 2.75) is 46.6 Å². The van der Waals surface area contributed by atoms with Crippen LogP contribution in [0.15, 0.2) is 64.2 Å². The highest BCUT2D eigenvalue weighted by Gasteiger charge is 2.33. The summed E-state index contributed by atoms with van der Waals surface area (Å²) in [4.78, 5) is 19.7. The summed E-state index contributed by atoms with van der Waals surface area (Å²) >= 11 is 1.61. The van der Waals surface area contributed by atoms with Crippen molar-refractivity contribution in [3.05, 3.63) is 82.1 Å². The molecule has 6 nitrogen and oxygen atoms in total. The smallest absolute Gasteiger partial charge is 0.255 e. The number of carbonyl (C=O) groups is 1. The zero-order valence-electron chi connectivity index (χ0n) is 21.9. The molecule has 1 amide bonds. The first-order valence-electron chi connectivity index (χ1n) is 12.9. The minimum absolute atomic E-state index is 0.0545. The van der Waals surface area contributed by atoms with Crippen LogP contribution in [0.1, 0.15) is 59.3 Å². The predicted molar refractivity (Wildman–Crippen MR) is 151 cm³/mol. The Balaban J connectivity index is 1.55. The van der Waals surface area contributed by atoms with Gasteiger partial charge in [-0.2, -0.15) is 5.26 Å². The fourth-order valence-corrected chi connectivity index (χ4v) is 6.34. The molecular formula is C31H31N3O3S. The lowest BCUT2D eigenvalue weighted by molar-refractivity contribution is 0.0947. The number of nitrogens with zero attached hydrogens (tertiary/aromatic N) is 2. The van der Waals surface area contributed by atoms with Gasteiger partial charge >= 0.3 is 0 Å². The highest BCUT2D eigenvalue weighted by molar-refractivity contribution is 7.16. The van der Waals surface area contributed by atoms with Crippen molar-refractivity contribution in [1.29, 1.82) is 5.26 Å². The van der Waals surface area contributed by atoms with Gasteiger partial charge in [-0.15, -0.1) is 11.3 Å². The standard InChI is InChI=1S/C31H31N3O3S/c1-31(2,3)21-11-12-24-27(17-21)38-30(28(24)29(35)33-18-22-8-6-15-36-22)34-19-25-23-9-5-4-7-20(23)10-13-26(25)37-16-14-32/h4-10,13,15,19,21H,11-12,16-18H2,1-3H3,(H,33,35)/t21-/m1/s1. The number of aliphatic imine (C=N–C) groups is 1. The summed E-state index contributed by atoms with van der Waals surface area (Å²) in [7, 11) is 0. The first-order valence-corrected chi connectivity index (χ1v) is 13.7. The van der Waals surface area contributed by atoms with Crippen LogP contribution in [0.5, 0.6) is 5.75 Å². The summed E-state index contributed by atoms with van der Waals surface area (Å²) in [6.45, 7) is 7.13. The van der Waals surface area contributed by atoms with Crippen LogP contribution in [0.3, 0.4) is 0 Å². The third-order valence-electron chi connectivity index (χ3n) is 7.24. The van der Waals surface area contributed by atoms with Gasteiger partial charge in [0.15, 0.2) is 6.61 Å². The Hall–Kier alpha value is -3.89. The topological polar surface area (TPSA) is 87.6 Å². The number of nitrogens with one attached hydrogen (secondary N) is 1. The molecule has 0 saturated heterocycles. The molecule has 194 valence electrons. The maximum atomic E-state index is 13.5. The molecule has 1 aliphatic rings. The average Bonchev–Trinajstić information content (AvgIpc) is 3.56. The Morgan fingerprint density at radius 2 is 2.08 bits per heavy atom. The molecule has 0 radical (unpaired) electrons. The Bertz CT molecular complexity index is 1520. The number of benzene rings is 2. The Morgan fingerprint density at radius 1 is 1.24 bits per heavy atom. The Kier molecular flexibility index (Phi) is 7.35. The van der Waals surface area contributed by atoms with Crippen LogP contribution in [-0.2, 0) is 19.4 Å². The molecule has 2 aromatic carbocycles. The maximum Gasteiger partial charge on any atom is 0.255 e. The molecule has 4 aromatic rings. The lowest BCUT2D eigenvalue weighted by atomic mass is 9.72. The van der Waals surface area contributed by atoms with Gasteiger partial charge in [0.2, 0.25) is 0 Å². The van der Waals surface area contributed by atoms with E-state index in [1.807, 2.05) is 54.6 Å². The molecule has 2 heterocycles. The van der Waals surface area contributed by atoms with Gasteiger partial charge in [-0.25, -0.2) is 4.99 Å². The van der Waals surface area contributed by atoms with E-state index in [-0.39, 0.29) is 17.9 Å². The minimum Gasteiger partial charge on any atom is -0.478 e. The summed E-state index contributed by atoms with van der Waals surface area (Å²) in [5.41, 5.74) is 2.75. The number of amides is 1. The largest absolute Gasteiger partial charge is 0.478 e. The molecule has 7 heteroatoms. The molecule has 1 N–H and O–H groups in total. The molecule has 2 aromatic heterocycles. The third kappa shape index (κ3) is 5.36. The normalized spacial score (nSPS) is 15.4. The number of ether oxygens (including phenoxy) is 1. The molecule has 1 atom stereocenters. The number of rotatable bonds is 7. The van der Waals surface area contributed by atoms with E-state index in [0.717, 1.165) is 41.2 Å². The number of hydrogen-bond acceptors (Lipinski definition) is 6. The van der Waals surface area contributed by atoms with E-state index in [1.165, 1.54) is 4.88 Å². The van der Waals surface area contributed by atoms with Gasteiger partial charge in [-0.3, -0.25) is 4.79 Å².